The van der Waals surface area contributed by atoms with E-state index in [0.29, 0.717) is 34.5 Å². The van der Waals surface area contributed by atoms with Crippen LogP contribution in [0.5, 0.6) is 0 Å². The molecular weight excluding hydrogens is 356 g/mol. The second-order valence-electron chi connectivity index (χ2n) is 6.11. The van der Waals surface area contributed by atoms with Crippen LogP contribution in [0.15, 0.2) is 31.8 Å². The van der Waals surface area contributed by atoms with E-state index in [9.17, 15) is 9.59 Å². The zero-order valence-corrected chi connectivity index (χ0v) is 16.2. The number of fused-ring (bicyclic) bond motifs is 3. The number of carbonyl (C=O) groups excluding carboxylic acids is 1. The third kappa shape index (κ3) is 3.61. The van der Waals surface area contributed by atoms with Crippen LogP contribution < -0.4 is 10.9 Å². The number of furan rings is 1. The van der Waals surface area contributed by atoms with Gasteiger partial charge in [-0.05, 0) is 44.6 Å². The zero-order chi connectivity index (χ0) is 18.1. The third-order valence-electron chi connectivity index (χ3n) is 4.47. The van der Waals surface area contributed by atoms with Gasteiger partial charge in [0.1, 0.15) is 11.3 Å². The van der Waals surface area contributed by atoms with Crippen molar-refractivity contribution in [3.05, 3.63) is 39.9 Å². The number of nitrogens with zero attached hydrogens (tertiary/aromatic N) is 1. The van der Waals surface area contributed by atoms with Crippen LogP contribution in [-0.4, -0.2) is 30.4 Å². The summed E-state index contributed by atoms with van der Waals surface area (Å²) in [6.07, 6.45) is 0. The molecule has 0 saturated heterocycles. The summed E-state index contributed by atoms with van der Waals surface area (Å²) in [5.74, 6) is 0.459. The molecule has 0 aliphatic heterocycles. The highest BCUT2D eigenvalue weighted by Gasteiger charge is 2.19. The summed E-state index contributed by atoms with van der Waals surface area (Å²) in [4.78, 5) is 26.3. The van der Waals surface area contributed by atoms with Gasteiger partial charge in [-0.2, -0.15) is 0 Å². The molecule has 26 heavy (non-hydrogen) atoms. The predicted molar refractivity (Wildman–Crippen MR) is 105 cm³/mol. The van der Waals surface area contributed by atoms with Crippen LogP contribution in [-0.2, 0) is 4.79 Å². The number of halogens is 1. The number of hydrogen-bond donors (Lipinski definition) is 1. The maximum absolute atomic E-state index is 12.4. The summed E-state index contributed by atoms with van der Waals surface area (Å²) < 4.78 is 11.2. The van der Waals surface area contributed by atoms with E-state index in [0.717, 1.165) is 24.0 Å². The molecule has 1 amide bonds. The molecule has 0 atom stereocenters. The molecule has 2 aromatic heterocycles. The highest BCUT2D eigenvalue weighted by molar-refractivity contribution is 6.13. The van der Waals surface area contributed by atoms with Crippen LogP contribution in [0.4, 0.5) is 5.69 Å². The topological polar surface area (TPSA) is 75.7 Å². The molecule has 0 aliphatic carbocycles. The number of amides is 1. The van der Waals surface area contributed by atoms with Gasteiger partial charge in [-0.15, -0.1) is 12.4 Å². The lowest BCUT2D eigenvalue weighted by Crippen LogP contribution is -2.33. The lowest BCUT2D eigenvalue weighted by Gasteiger charge is -2.17. The summed E-state index contributed by atoms with van der Waals surface area (Å²) in [6, 6.07) is 5.15. The lowest BCUT2D eigenvalue weighted by atomic mass is 10.1. The minimum Gasteiger partial charge on any atom is -0.459 e. The molecule has 0 aliphatic rings. The molecule has 7 heteroatoms. The van der Waals surface area contributed by atoms with Crippen LogP contribution in [0.3, 0.4) is 0 Å². The van der Waals surface area contributed by atoms with Crippen molar-refractivity contribution in [3.63, 3.8) is 0 Å². The van der Waals surface area contributed by atoms with Crippen molar-refractivity contribution in [1.29, 1.82) is 0 Å². The molecular formula is C19H23ClN2O4. The van der Waals surface area contributed by atoms with Crippen LogP contribution in [0.1, 0.15) is 25.2 Å². The van der Waals surface area contributed by atoms with Crippen molar-refractivity contribution in [2.24, 2.45) is 0 Å². The maximum atomic E-state index is 12.4. The standard InChI is InChI=1S/C19H22N2O4.ClH/c1-5-21(6-2)10-15(22)20-18-12(4)24-14-8-7-13-11(3)9-16(23)25-19(13)17(14)18;/h7-9H,5-6,10H2,1-4H3,(H,20,22);1H. The Balaban J connectivity index is 0.00000243. The second kappa shape index (κ2) is 7.93. The highest BCUT2D eigenvalue weighted by atomic mass is 35.5. The van der Waals surface area contributed by atoms with Gasteiger partial charge >= 0.3 is 5.63 Å². The van der Waals surface area contributed by atoms with Crippen LogP contribution in [0, 0.1) is 13.8 Å². The number of carbonyl (C=O) groups is 1. The molecule has 1 aromatic carbocycles. The van der Waals surface area contributed by atoms with E-state index >= 15 is 0 Å². The normalized spacial score (nSPS) is 11.1. The van der Waals surface area contributed by atoms with E-state index in [4.69, 9.17) is 8.83 Å². The third-order valence-corrected chi connectivity index (χ3v) is 4.47. The van der Waals surface area contributed by atoms with Crippen LogP contribution >= 0.6 is 12.4 Å². The smallest absolute Gasteiger partial charge is 0.336 e. The summed E-state index contributed by atoms with van der Waals surface area (Å²) >= 11 is 0. The summed E-state index contributed by atoms with van der Waals surface area (Å²) in [7, 11) is 0. The molecule has 0 radical (unpaired) electrons. The van der Waals surface area contributed by atoms with Crippen molar-refractivity contribution in [2.45, 2.75) is 27.7 Å². The van der Waals surface area contributed by atoms with E-state index < -0.39 is 5.63 Å². The molecule has 3 rings (SSSR count). The molecule has 1 N–H and O–H groups in total. The first kappa shape index (κ1) is 20.0. The summed E-state index contributed by atoms with van der Waals surface area (Å²) in [6.45, 7) is 9.56. The molecule has 0 spiro atoms. The summed E-state index contributed by atoms with van der Waals surface area (Å²) in [5.41, 5.74) is 1.99. The van der Waals surface area contributed by atoms with Crippen molar-refractivity contribution in [3.8, 4) is 0 Å². The Hall–Kier alpha value is -2.31. The molecule has 2 heterocycles. The van der Waals surface area contributed by atoms with Gasteiger partial charge in [0.2, 0.25) is 5.91 Å². The Morgan fingerprint density at radius 3 is 2.50 bits per heavy atom. The Bertz CT molecular complexity index is 1000. The number of nitrogens with one attached hydrogen (secondary N) is 1. The average molecular weight is 379 g/mol. The Labute approximate surface area is 157 Å². The Kier molecular flexibility index (Phi) is 6.10. The first-order chi connectivity index (χ1) is 11.9. The van der Waals surface area contributed by atoms with Gasteiger partial charge < -0.3 is 14.2 Å². The molecule has 3 aromatic rings. The number of aryl methyl sites for hydroxylation is 2. The monoisotopic (exact) mass is 378 g/mol. The fourth-order valence-electron chi connectivity index (χ4n) is 3.06. The van der Waals surface area contributed by atoms with E-state index in [1.807, 2.05) is 37.8 Å². The minimum atomic E-state index is -0.420. The van der Waals surface area contributed by atoms with E-state index in [-0.39, 0.29) is 18.3 Å². The fourth-order valence-corrected chi connectivity index (χ4v) is 3.06. The molecule has 6 nitrogen and oxygen atoms in total. The van der Waals surface area contributed by atoms with E-state index in [1.54, 1.807) is 6.92 Å². The molecule has 0 fully saturated rings. The average Bonchev–Trinajstić information content (AvgIpc) is 2.88. The van der Waals surface area contributed by atoms with Crippen LogP contribution in [0.25, 0.3) is 21.9 Å². The number of rotatable bonds is 5. The lowest BCUT2D eigenvalue weighted by molar-refractivity contribution is -0.117. The second-order valence-corrected chi connectivity index (χ2v) is 6.11. The van der Waals surface area contributed by atoms with Crippen molar-refractivity contribution in [1.82, 2.24) is 4.90 Å². The van der Waals surface area contributed by atoms with Gasteiger partial charge in [-0.3, -0.25) is 9.69 Å². The van der Waals surface area contributed by atoms with Crippen molar-refractivity contribution in [2.75, 3.05) is 25.0 Å². The van der Waals surface area contributed by atoms with Crippen LogP contribution in [0.2, 0.25) is 0 Å². The van der Waals surface area contributed by atoms with Gasteiger partial charge in [-0.1, -0.05) is 13.8 Å². The minimum absolute atomic E-state index is 0. The highest BCUT2D eigenvalue weighted by Crippen LogP contribution is 2.36. The van der Waals surface area contributed by atoms with Crippen molar-refractivity contribution < 1.29 is 13.6 Å². The van der Waals surface area contributed by atoms with Gasteiger partial charge in [-0.25, -0.2) is 4.79 Å². The van der Waals surface area contributed by atoms with E-state index in [1.165, 1.54) is 6.07 Å². The van der Waals surface area contributed by atoms with Crippen molar-refractivity contribution >= 4 is 45.9 Å². The number of benzene rings is 1. The van der Waals surface area contributed by atoms with Gasteiger partial charge in [0, 0.05) is 11.5 Å². The molecule has 0 saturated carbocycles. The summed E-state index contributed by atoms with van der Waals surface area (Å²) in [5, 5.41) is 4.38. The first-order valence-corrected chi connectivity index (χ1v) is 8.43. The zero-order valence-electron chi connectivity index (χ0n) is 15.3. The van der Waals surface area contributed by atoms with E-state index in [2.05, 4.69) is 5.32 Å². The molecule has 140 valence electrons. The predicted octanol–water partition coefficient (Wildman–Crippen LogP) is 3.86. The number of likely N-dealkylation sites (N-methyl/N-ethyl adjacent to an activating group) is 1. The van der Waals surface area contributed by atoms with Gasteiger partial charge in [0.15, 0.2) is 5.58 Å². The SMILES string of the molecule is CCN(CC)CC(=O)Nc1c(C)oc2ccc3c(C)cc(=O)oc3c12.Cl. The Morgan fingerprint density at radius 1 is 1.15 bits per heavy atom. The Morgan fingerprint density at radius 2 is 1.85 bits per heavy atom. The quantitative estimate of drug-likeness (QED) is 0.682. The van der Waals surface area contributed by atoms with Gasteiger partial charge in [0.25, 0.3) is 0 Å². The fraction of sp³-hybridized carbons (Fsp3) is 0.368. The molecule has 0 unspecified atom stereocenters. The number of hydrogen-bond acceptors (Lipinski definition) is 5. The van der Waals surface area contributed by atoms with Gasteiger partial charge in [0.05, 0.1) is 17.6 Å². The first-order valence-electron chi connectivity index (χ1n) is 8.43. The molecule has 0 bridgehead atoms. The largest absolute Gasteiger partial charge is 0.459 e. The maximum Gasteiger partial charge on any atom is 0.336 e. The number of anilines is 1.